The van der Waals surface area contributed by atoms with Gasteiger partial charge < -0.3 is 11.2 Å². The Labute approximate surface area is 113 Å². The molecule has 0 atom stereocenters. The average molecular weight is 256 g/mol. The second-order valence-corrected chi connectivity index (χ2v) is 5.25. The number of piperidine rings is 1. The van der Waals surface area contributed by atoms with Crippen molar-refractivity contribution in [3.05, 3.63) is 30.0 Å². The van der Waals surface area contributed by atoms with Crippen LogP contribution in [0.3, 0.4) is 0 Å². The van der Waals surface area contributed by atoms with Gasteiger partial charge in [-0.15, -0.1) is 0 Å². The molecule has 0 saturated carbocycles. The van der Waals surface area contributed by atoms with Gasteiger partial charge in [-0.25, -0.2) is 5.01 Å². The predicted octanol–water partition coefficient (Wildman–Crippen LogP) is 2.94. The molecule has 2 heterocycles. The molecular formula is C15H20N4. The number of hydrogen-bond acceptors (Lipinski definition) is 4. The molecule has 1 aliphatic heterocycles. The number of fused-ring (bicyclic) bond motifs is 1. The second-order valence-electron chi connectivity index (χ2n) is 5.25. The Hall–Kier alpha value is -1.81. The Morgan fingerprint density at radius 3 is 2.74 bits per heavy atom. The summed E-state index contributed by atoms with van der Waals surface area (Å²) in [5.74, 6) is 0. The van der Waals surface area contributed by atoms with Crippen LogP contribution in [0.1, 0.15) is 25.0 Å². The number of pyridine rings is 1. The van der Waals surface area contributed by atoms with E-state index in [9.17, 15) is 0 Å². The van der Waals surface area contributed by atoms with Gasteiger partial charge in [-0.05, 0) is 44.0 Å². The fraction of sp³-hybridized carbons (Fsp3) is 0.400. The number of hydrazine groups is 1. The van der Waals surface area contributed by atoms with Crippen molar-refractivity contribution in [2.75, 3.05) is 24.2 Å². The van der Waals surface area contributed by atoms with Crippen molar-refractivity contribution < 1.29 is 0 Å². The smallest absolute Gasteiger partial charge is 0.0727 e. The molecule has 4 nitrogen and oxygen atoms in total. The van der Waals surface area contributed by atoms with E-state index in [2.05, 4.69) is 21.5 Å². The monoisotopic (exact) mass is 256 g/mol. The highest BCUT2D eigenvalue weighted by atomic mass is 15.5. The number of nitrogens with two attached hydrogens (primary N) is 1. The van der Waals surface area contributed by atoms with Gasteiger partial charge in [0.05, 0.1) is 11.2 Å². The number of nitrogen functional groups attached to an aromatic ring is 1. The topological polar surface area (TPSA) is 54.2 Å². The maximum Gasteiger partial charge on any atom is 0.0727 e. The lowest BCUT2D eigenvalue weighted by atomic mass is 10.1. The second kappa shape index (κ2) is 5.05. The number of hydrogen-bond donors (Lipinski definition) is 2. The summed E-state index contributed by atoms with van der Waals surface area (Å²) in [4.78, 5) is 4.56. The summed E-state index contributed by atoms with van der Waals surface area (Å²) in [6.45, 7) is 4.23. The normalized spacial score (nSPS) is 16.7. The number of aryl methyl sites for hydroxylation is 1. The fourth-order valence-corrected chi connectivity index (χ4v) is 2.64. The number of nitrogens with one attached hydrogen (secondary N) is 1. The van der Waals surface area contributed by atoms with E-state index in [1.54, 1.807) is 0 Å². The minimum atomic E-state index is 0.778. The SMILES string of the molecule is Cc1cc(NN2CCCCC2)c2cc(N)ccc2n1. The lowest BCUT2D eigenvalue weighted by molar-refractivity contribution is 0.273. The number of benzene rings is 1. The molecule has 19 heavy (non-hydrogen) atoms. The van der Waals surface area contributed by atoms with Crippen LogP contribution in [-0.2, 0) is 0 Å². The number of aromatic nitrogens is 1. The largest absolute Gasteiger partial charge is 0.399 e. The maximum absolute atomic E-state index is 5.89. The maximum atomic E-state index is 5.89. The zero-order chi connectivity index (χ0) is 13.2. The summed E-state index contributed by atoms with van der Waals surface area (Å²) in [6.07, 6.45) is 3.86. The molecule has 0 unspecified atom stereocenters. The Bertz CT molecular complexity index is 588. The van der Waals surface area contributed by atoms with Gasteiger partial charge in [0.15, 0.2) is 0 Å². The van der Waals surface area contributed by atoms with Gasteiger partial charge in [-0.3, -0.25) is 4.98 Å². The number of nitrogens with zero attached hydrogens (tertiary/aromatic N) is 2. The van der Waals surface area contributed by atoms with E-state index >= 15 is 0 Å². The van der Waals surface area contributed by atoms with Crippen LogP contribution in [0.5, 0.6) is 0 Å². The highest BCUT2D eigenvalue weighted by Gasteiger charge is 2.12. The molecule has 0 amide bonds. The molecule has 4 heteroatoms. The lowest BCUT2D eigenvalue weighted by Gasteiger charge is -2.28. The molecule has 2 aromatic rings. The molecular weight excluding hydrogens is 236 g/mol. The highest BCUT2D eigenvalue weighted by molar-refractivity contribution is 5.93. The Morgan fingerprint density at radius 2 is 1.95 bits per heavy atom. The summed E-state index contributed by atoms with van der Waals surface area (Å²) in [5.41, 5.74) is 13.3. The van der Waals surface area contributed by atoms with Crippen molar-refractivity contribution in [1.82, 2.24) is 9.99 Å². The molecule has 1 aromatic heterocycles. The third-order valence-corrected chi connectivity index (χ3v) is 3.60. The third-order valence-electron chi connectivity index (χ3n) is 3.60. The van der Waals surface area contributed by atoms with Crippen molar-refractivity contribution in [3.8, 4) is 0 Å². The van der Waals surface area contributed by atoms with Crippen molar-refractivity contribution in [2.24, 2.45) is 0 Å². The quantitative estimate of drug-likeness (QED) is 0.811. The summed E-state index contributed by atoms with van der Waals surface area (Å²) in [5, 5.41) is 3.39. The van der Waals surface area contributed by atoms with Gasteiger partial charge in [0.25, 0.3) is 0 Å². The third kappa shape index (κ3) is 2.63. The van der Waals surface area contributed by atoms with Crippen LogP contribution in [0.25, 0.3) is 10.9 Å². The molecule has 100 valence electrons. The van der Waals surface area contributed by atoms with Crippen LogP contribution in [0.4, 0.5) is 11.4 Å². The van der Waals surface area contributed by atoms with Gasteiger partial charge >= 0.3 is 0 Å². The molecule has 1 aromatic carbocycles. The summed E-state index contributed by atoms with van der Waals surface area (Å²) in [6, 6.07) is 7.98. The molecule has 1 saturated heterocycles. The van der Waals surface area contributed by atoms with Gasteiger partial charge in [-0.2, -0.15) is 0 Å². The fourth-order valence-electron chi connectivity index (χ4n) is 2.64. The zero-order valence-corrected chi connectivity index (χ0v) is 11.3. The summed E-state index contributed by atoms with van der Waals surface area (Å²) in [7, 11) is 0. The Kier molecular flexibility index (Phi) is 3.25. The first kappa shape index (κ1) is 12.2. The van der Waals surface area contributed by atoms with E-state index in [0.29, 0.717) is 0 Å². The van der Waals surface area contributed by atoms with Crippen LogP contribution >= 0.6 is 0 Å². The Balaban J connectivity index is 1.98. The van der Waals surface area contributed by atoms with Crippen molar-refractivity contribution in [3.63, 3.8) is 0 Å². The van der Waals surface area contributed by atoms with Gasteiger partial charge in [0, 0.05) is 29.9 Å². The number of anilines is 2. The first-order chi connectivity index (χ1) is 9.22. The van der Waals surface area contributed by atoms with Crippen molar-refractivity contribution in [1.29, 1.82) is 0 Å². The molecule has 0 radical (unpaired) electrons. The van der Waals surface area contributed by atoms with Crippen LogP contribution in [0, 0.1) is 6.92 Å². The van der Waals surface area contributed by atoms with Crippen LogP contribution in [-0.4, -0.2) is 23.1 Å². The van der Waals surface area contributed by atoms with Crippen LogP contribution in [0.15, 0.2) is 24.3 Å². The molecule has 3 rings (SSSR count). The molecule has 0 aliphatic carbocycles. The number of rotatable bonds is 2. The van der Waals surface area contributed by atoms with Crippen molar-refractivity contribution in [2.45, 2.75) is 26.2 Å². The first-order valence-corrected chi connectivity index (χ1v) is 6.91. The van der Waals surface area contributed by atoms with E-state index in [1.807, 2.05) is 25.1 Å². The predicted molar refractivity (Wildman–Crippen MR) is 79.9 cm³/mol. The summed E-state index contributed by atoms with van der Waals surface area (Å²) < 4.78 is 0. The first-order valence-electron chi connectivity index (χ1n) is 6.91. The standard InChI is InChI=1S/C15H20N4/c1-11-9-15(18-19-7-3-2-4-8-19)13-10-12(16)5-6-14(13)17-11/h5-6,9-10H,2-4,7-8,16H2,1H3,(H,17,18). The van der Waals surface area contributed by atoms with E-state index in [1.165, 1.54) is 19.3 Å². The van der Waals surface area contributed by atoms with Crippen LogP contribution < -0.4 is 11.2 Å². The van der Waals surface area contributed by atoms with Crippen molar-refractivity contribution >= 4 is 22.3 Å². The van der Waals surface area contributed by atoms with Crippen LogP contribution in [0.2, 0.25) is 0 Å². The minimum Gasteiger partial charge on any atom is -0.399 e. The minimum absolute atomic E-state index is 0.778. The molecule has 0 spiro atoms. The van der Waals surface area contributed by atoms with Gasteiger partial charge in [-0.1, -0.05) is 6.42 Å². The lowest BCUT2D eigenvalue weighted by Crippen LogP contribution is -2.34. The van der Waals surface area contributed by atoms with E-state index in [0.717, 1.165) is 41.1 Å². The van der Waals surface area contributed by atoms with E-state index in [-0.39, 0.29) is 0 Å². The molecule has 1 fully saturated rings. The zero-order valence-electron chi connectivity index (χ0n) is 11.3. The molecule has 1 aliphatic rings. The van der Waals surface area contributed by atoms with E-state index < -0.39 is 0 Å². The Morgan fingerprint density at radius 1 is 1.16 bits per heavy atom. The van der Waals surface area contributed by atoms with E-state index in [4.69, 9.17) is 5.73 Å². The van der Waals surface area contributed by atoms with Gasteiger partial charge in [0.1, 0.15) is 0 Å². The highest BCUT2D eigenvalue weighted by Crippen LogP contribution is 2.26. The average Bonchev–Trinajstić information content (AvgIpc) is 2.41. The molecule has 3 N–H and O–H groups in total. The molecule has 0 bridgehead atoms. The summed E-state index contributed by atoms with van der Waals surface area (Å²) >= 11 is 0. The van der Waals surface area contributed by atoms with Gasteiger partial charge in [0.2, 0.25) is 0 Å².